The van der Waals surface area contributed by atoms with Gasteiger partial charge in [0.25, 0.3) is 0 Å². The van der Waals surface area contributed by atoms with Crippen molar-refractivity contribution in [2.75, 3.05) is 6.54 Å². The van der Waals surface area contributed by atoms with Gasteiger partial charge in [0.2, 0.25) is 11.7 Å². The second-order valence-electron chi connectivity index (χ2n) is 6.26. The first-order valence-corrected chi connectivity index (χ1v) is 8.24. The van der Waals surface area contributed by atoms with E-state index in [4.69, 9.17) is 4.52 Å². The van der Waals surface area contributed by atoms with Gasteiger partial charge in [-0.3, -0.25) is 14.6 Å². The lowest BCUT2D eigenvalue weighted by atomic mass is 10.2. The molecular formula is C17H20N6O. The minimum Gasteiger partial charge on any atom is -0.338 e. The van der Waals surface area contributed by atoms with Crippen molar-refractivity contribution in [1.29, 1.82) is 0 Å². The van der Waals surface area contributed by atoms with E-state index in [0.717, 1.165) is 18.7 Å². The molecule has 0 radical (unpaired) electrons. The van der Waals surface area contributed by atoms with Gasteiger partial charge in [-0.2, -0.15) is 10.1 Å². The molecule has 0 N–H and O–H groups in total. The van der Waals surface area contributed by atoms with Crippen molar-refractivity contribution in [3.05, 3.63) is 48.4 Å². The molecule has 24 heavy (non-hydrogen) atoms. The first-order chi connectivity index (χ1) is 11.8. The summed E-state index contributed by atoms with van der Waals surface area (Å²) in [6.45, 7) is 4.69. The largest absolute Gasteiger partial charge is 0.338 e. The number of aryl methyl sites for hydroxylation is 1. The predicted molar refractivity (Wildman–Crippen MR) is 87.9 cm³/mol. The summed E-state index contributed by atoms with van der Waals surface area (Å²) < 4.78 is 7.45. The lowest BCUT2D eigenvalue weighted by Gasteiger charge is -2.22. The highest BCUT2D eigenvalue weighted by Crippen LogP contribution is 2.22. The third kappa shape index (κ3) is 3.21. The fourth-order valence-corrected chi connectivity index (χ4v) is 3.20. The van der Waals surface area contributed by atoms with Gasteiger partial charge in [0.15, 0.2) is 0 Å². The highest BCUT2D eigenvalue weighted by molar-refractivity contribution is 5.51. The Morgan fingerprint density at radius 2 is 2.29 bits per heavy atom. The Hall–Kier alpha value is -2.54. The summed E-state index contributed by atoms with van der Waals surface area (Å²) in [6.07, 6.45) is 9.82. The van der Waals surface area contributed by atoms with Crippen LogP contribution in [0.2, 0.25) is 0 Å². The number of rotatable bonds is 5. The van der Waals surface area contributed by atoms with E-state index in [0.29, 0.717) is 24.3 Å². The fraction of sp³-hybridized carbons (Fsp3) is 0.412. The topological polar surface area (TPSA) is 72.9 Å². The van der Waals surface area contributed by atoms with Gasteiger partial charge in [0.05, 0.1) is 19.3 Å². The monoisotopic (exact) mass is 324 g/mol. The summed E-state index contributed by atoms with van der Waals surface area (Å²) in [4.78, 5) is 11.0. The Bertz CT molecular complexity index is 796. The van der Waals surface area contributed by atoms with Crippen molar-refractivity contribution in [3.63, 3.8) is 0 Å². The number of hydrogen-bond donors (Lipinski definition) is 0. The lowest BCUT2D eigenvalue weighted by Crippen LogP contribution is -2.32. The molecule has 4 rings (SSSR count). The van der Waals surface area contributed by atoms with Crippen LogP contribution in [-0.2, 0) is 13.1 Å². The molecule has 0 bridgehead atoms. The molecule has 1 saturated heterocycles. The molecule has 4 heterocycles. The molecule has 1 atom stereocenters. The van der Waals surface area contributed by atoms with Gasteiger partial charge in [-0.15, -0.1) is 0 Å². The van der Waals surface area contributed by atoms with Crippen LogP contribution < -0.4 is 0 Å². The van der Waals surface area contributed by atoms with Crippen LogP contribution in [0.5, 0.6) is 0 Å². The van der Waals surface area contributed by atoms with Crippen LogP contribution in [0, 0.1) is 6.92 Å². The molecule has 0 spiro atoms. The van der Waals surface area contributed by atoms with Gasteiger partial charge in [-0.25, -0.2) is 0 Å². The van der Waals surface area contributed by atoms with E-state index in [2.05, 4.69) is 38.2 Å². The Balaban J connectivity index is 1.43. The molecule has 1 aliphatic rings. The average molecular weight is 324 g/mol. The third-order valence-corrected chi connectivity index (χ3v) is 4.39. The highest BCUT2D eigenvalue weighted by atomic mass is 16.5. The molecule has 1 unspecified atom stereocenters. The van der Waals surface area contributed by atoms with Gasteiger partial charge in [-0.1, -0.05) is 5.16 Å². The van der Waals surface area contributed by atoms with Crippen molar-refractivity contribution in [2.45, 2.75) is 38.9 Å². The first-order valence-electron chi connectivity index (χ1n) is 8.24. The van der Waals surface area contributed by atoms with Crippen molar-refractivity contribution >= 4 is 0 Å². The highest BCUT2D eigenvalue weighted by Gasteiger charge is 2.26. The molecule has 7 heteroatoms. The van der Waals surface area contributed by atoms with E-state index in [1.807, 2.05) is 23.0 Å². The number of aromatic nitrogens is 5. The van der Waals surface area contributed by atoms with Crippen molar-refractivity contribution in [2.24, 2.45) is 0 Å². The zero-order valence-corrected chi connectivity index (χ0v) is 13.7. The van der Waals surface area contributed by atoms with Crippen molar-refractivity contribution in [1.82, 2.24) is 29.8 Å². The van der Waals surface area contributed by atoms with Gasteiger partial charge in [0, 0.05) is 30.2 Å². The minimum atomic E-state index is 0.457. The molecular weight excluding hydrogens is 304 g/mol. The van der Waals surface area contributed by atoms with Gasteiger partial charge in [-0.05, 0) is 44.0 Å². The second kappa shape index (κ2) is 6.52. The van der Waals surface area contributed by atoms with Gasteiger partial charge < -0.3 is 4.52 Å². The van der Waals surface area contributed by atoms with Crippen LogP contribution in [0.1, 0.15) is 24.3 Å². The van der Waals surface area contributed by atoms with E-state index in [-0.39, 0.29) is 0 Å². The Labute approximate surface area is 140 Å². The summed E-state index contributed by atoms with van der Waals surface area (Å²) in [6, 6.07) is 4.26. The summed E-state index contributed by atoms with van der Waals surface area (Å²) >= 11 is 0. The zero-order valence-electron chi connectivity index (χ0n) is 13.7. The molecule has 0 amide bonds. The number of likely N-dealkylation sites (tertiary alicyclic amines) is 1. The second-order valence-corrected chi connectivity index (χ2v) is 6.26. The van der Waals surface area contributed by atoms with Gasteiger partial charge in [0.1, 0.15) is 0 Å². The molecule has 0 aromatic carbocycles. The smallest absolute Gasteiger partial charge is 0.241 e. The lowest BCUT2D eigenvalue weighted by molar-refractivity contribution is 0.192. The zero-order chi connectivity index (χ0) is 16.4. The number of hydrogen-bond acceptors (Lipinski definition) is 6. The van der Waals surface area contributed by atoms with E-state index in [1.165, 1.54) is 18.4 Å². The maximum atomic E-state index is 5.43. The van der Waals surface area contributed by atoms with E-state index < -0.39 is 0 Å². The first kappa shape index (κ1) is 15.0. The van der Waals surface area contributed by atoms with Crippen LogP contribution in [0.25, 0.3) is 11.4 Å². The molecule has 0 aliphatic carbocycles. The molecule has 1 aliphatic heterocycles. The van der Waals surface area contributed by atoms with Crippen LogP contribution in [0.4, 0.5) is 0 Å². The predicted octanol–water partition coefficient (Wildman–Crippen LogP) is 2.30. The third-order valence-electron chi connectivity index (χ3n) is 4.39. The average Bonchev–Trinajstić information content (AvgIpc) is 3.32. The fourth-order valence-electron chi connectivity index (χ4n) is 3.20. The Kier molecular flexibility index (Phi) is 4.08. The molecule has 124 valence electrons. The Morgan fingerprint density at radius 3 is 3.08 bits per heavy atom. The van der Waals surface area contributed by atoms with Crippen LogP contribution in [-0.4, -0.2) is 42.4 Å². The SMILES string of the molecule is Cc1cnn(CC2CCCN2Cc2nc(-c3cccnc3)no2)c1. The van der Waals surface area contributed by atoms with Gasteiger partial charge >= 0.3 is 0 Å². The minimum absolute atomic E-state index is 0.457. The quantitative estimate of drug-likeness (QED) is 0.717. The van der Waals surface area contributed by atoms with Crippen molar-refractivity contribution < 1.29 is 4.52 Å². The maximum absolute atomic E-state index is 5.43. The summed E-state index contributed by atoms with van der Waals surface area (Å²) in [5.41, 5.74) is 2.06. The maximum Gasteiger partial charge on any atom is 0.241 e. The standard InChI is InChI=1S/C17H20N6O/c1-13-8-19-23(10-13)11-15-5-3-7-22(15)12-16-20-17(21-24-16)14-4-2-6-18-9-14/h2,4,6,8-10,15H,3,5,7,11-12H2,1H3. The summed E-state index contributed by atoms with van der Waals surface area (Å²) in [5, 5.41) is 8.47. The van der Waals surface area contributed by atoms with E-state index >= 15 is 0 Å². The number of nitrogens with zero attached hydrogens (tertiary/aromatic N) is 6. The van der Waals surface area contributed by atoms with Crippen LogP contribution >= 0.6 is 0 Å². The van der Waals surface area contributed by atoms with Crippen LogP contribution in [0.15, 0.2) is 41.4 Å². The normalized spacial score (nSPS) is 18.3. The summed E-state index contributed by atoms with van der Waals surface area (Å²) in [7, 11) is 0. The van der Waals surface area contributed by atoms with Crippen molar-refractivity contribution in [3.8, 4) is 11.4 Å². The Morgan fingerprint density at radius 1 is 1.33 bits per heavy atom. The van der Waals surface area contributed by atoms with E-state index in [9.17, 15) is 0 Å². The molecule has 3 aromatic heterocycles. The summed E-state index contributed by atoms with van der Waals surface area (Å²) in [5.74, 6) is 1.24. The molecule has 3 aromatic rings. The van der Waals surface area contributed by atoms with Crippen LogP contribution in [0.3, 0.4) is 0 Å². The molecule has 1 fully saturated rings. The molecule has 0 saturated carbocycles. The number of pyridine rings is 1. The molecule has 7 nitrogen and oxygen atoms in total. The van der Waals surface area contributed by atoms with E-state index in [1.54, 1.807) is 12.4 Å².